The van der Waals surface area contributed by atoms with E-state index in [0.29, 0.717) is 25.9 Å². The smallest absolute Gasteiger partial charge is 0.317 e. The minimum absolute atomic E-state index is 0.120. The number of nitrogens with zero attached hydrogens (tertiary/aromatic N) is 1. The number of carbonyl (C=O) groups is 2. The minimum atomic E-state index is -0.839. The van der Waals surface area contributed by atoms with Crippen LogP contribution in [0.25, 0.3) is 0 Å². The van der Waals surface area contributed by atoms with Crippen molar-refractivity contribution >= 4 is 12.0 Å². The molecular weight excluding hydrogens is 311 g/mol. The van der Waals surface area contributed by atoms with Gasteiger partial charge in [0.1, 0.15) is 5.82 Å². The van der Waals surface area contributed by atoms with E-state index in [9.17, 15) is 14.0 Å². The van der Waals surface area contributed by atoms with Crippen LogP contribution in [0.4, 0.5) is 9.18 Å². The second-order valence-electron chi connectivity index (χ2n) is 6.92. The van der Waals surface area contributed by atoms with Gasteiger partial charge in [0.25, 0.3) is 0 Å². The summed E-state index contributed by atoms with van der Waals surface area (Å²) >= 11 is 0. The maximum atomic E-state index is 13.1. The van der Waals surface area contributed by atoms with Gasteiger partial charge in [-0.15, -0.1) is 0 Å². The van der Waals surface area contributed by atoms with Gasteiger partial charge in [0.2, 0.25) is 0 Å². The number of urea groups is 1. The highest BCUT2D eigenvalue weighted by molar-refractivity contribution is 5.76. The first-order chi connectivity index (χ1) is 11.5. The number of nitrogens with one attached hydrogen (secondary N) is 1. The van der Waals surface area contributed by atoms with Gasteiger partial charge < -0.3 is 15.3 Å². The predicted molar refractivity (Wildman–Crippen MR) is 87.3 cm³/mol. The lowest BCUT2D eigenvalue weighted by Gasteiger charge is -2.43. The van der Waals surface area contributed by atoms with E-state index < -0.39 is 11.9 Å². The van der Waals surface area contributed by atoms with Gasteiger partial charge in [-0.2, -0.15) is 0 Å². The number of aliphatic carboxylic acids is 1. The van der Waals surface area contributed by atoms with E-state index in [1.54, 1.807) is 17.0 Å². The Morgan fingerprint density at radius 3 is 2.54 bits per heavy atom. The van der Waals surface area contributed by atoms with Crippen molar-refractivity contribution in [3.8, 4) is 0 Å². The Kier molecular flexibility index (Phi) is 4.73. The summed E-state index contributed by atoms with van der Waals surface area (Å²) in [6.45, 7) is 1.37. The molecule has 1 saturated heterocycles. The average Bonchev–Trinajstić information content (AvgIpc) is 2.55. The molecule has 3 rings (SSSR count). The number of carboxylic acid groups (broad SMARTS) is 1. The molecule has 1 saturated carbocycles. The number of likely N-dealkylation sites (tertiary alicyclic amines) is 1. The van der Waals surface area contributed by atoms with E-state index in [-0.39, 0.29) is 23.8 Å². The number of hydrogen-bond donors (Lipinski definition) is 2. The van der Waals surface area contributed by atoms with Crippen molar-refractivity contribution in [3.63, 3.8) is 0 Å². The number of carboxylic acids is 1. The fraction of sp³-hybridized carbons (Fsp3) is 0.556. The van der Waals surface area contributed by atoms with E-state index in [2.05, 4.69) is 5.32 Å². The van der Waals surface area contributed by atoms with Crippen molar-refractivity contribution in [2.75, 3.05) is 19.6 Å². The zero-order chi connectivity index (χ0) is 17.2. The molecule has 2 fully saturated rings. The van der Waals surface area contributed by atoms with Crippen LogP contribution in [0, 0.1) is 11.7 Å². The third-order valence-electron chi connectivity index (χ3n) is 5.40. The number of piperidine rings is 1. The first kappa shape index (κ1) is 16.7. The third-order valence-corrected chi connectivity index (χ3v) is 5.40. The fourth-order valence-corrected chi connectivity index (χ4v) is 3.69. The van der Waals surface area contributed by atoms with Crippen molar-refractivity contribution in [3.05, 3.63) is 35.6 Å². The van der Waals surface area contributed by atoms with E-state index >= 15 is 0 Å². The van der Waals surface area contributed by atoms with Gasteiger partial charge in [0, 0.05) is 25.0 Å². The average molecular weight is 334 g/mol. The van der Waals surface area contributed by atoms with Crippen LogP contribution >= 0.6 is 0 Å². The van der Waals surface area contributed by atoms with Gasteiger partial charge in [-0.05, 0) is 43.4 Å². The van der Waals surface area contributed by atoms with Crippen molar-refractivity contribution in [1.82, 2.24) is 10.2 Å². The molecule has 130 valence electrons. The predicted octanol–water partition coefficient (Wildman–Crippen LogP) is 2.75. The summed E-state index contributed by atoms with van der Waals surface area (Å²) in [5.41, 5.74) is 0.934. The number of carbonyl (C=O) groups excluding carboxylic acids is 1. The van der Waals surface area contributed by atoms with Crippen LogP contribution in [-0.2, 0) is 10.2 Å². The first-order valence-corrected chi connectivity index (χ1v) is 8.52. The minimum Gasteiger partial charge on any atom is -0.481 e. The van der Waals surface area contributed by atoms with Crippen LogP contribution in [0.1, 0.15) is 37.7 Å². The van der Waals surface area contributed by atoms with E-state index in [1.165, 1.54) is 12.1 Å². The van der Waals surface area contributed by atoms with Gasteiger partial charge in [0.15, 0.2) is 0 Å². The lowest BCUT2D eigenvalue weighted by molar-refractivity contribution is -0.143. The van der Waals surface area contributed by atoms with Crippen molar-refractivity contribution in [1.29, 1.82) is 0 Å². The van der Waals surface area contributed by atoms with Crippen molar-refractivity contribution in [2.45, 2.75) is 37.5 Å². The molecule has 2 aliphatic rings. The standard InChI is InChI=1S/C18H23FN2O3/c19-15-6-4-14(5-7-15)18(8-2-9-18)12-20-17(24)21-10-1-3-13(11-21)16(22)23/h4-7,13H,1-3,8-12H2,(H,20,24)(H,22,23). The fourth-order valence-electron chi connectivity index (χ4n) is 3.69. The van der Waals surface area contributed by atoms with Gasteiger partial charge in [-0.1, -0.05) is 18.6 Å². The Bertz CT molecular complexity index is 613. The Labute approximate surface area is 140 Å². The third kappa shape index (κ3) is 3.37. The zero-order valence-electron chi connectivity index (χ0n) is 13.6. The maximum absolute atomic E-state index is 13.1. The van der Waals surface area contributed by atoms with Gasteiger partial charge >= 0.3 is 12.0 Å². The molecule has 24 heavy (non-hydrogen) atoms. The van der Waals surface area contributed by atoms with Crippen LogP contribution in [0.15, 0.2) is 24.3 Å². The molecule has 1 aliphatic heterocycles. The normalized spacial score (nSPS) is 22.5. The molecule has 1 heterocycles. The summed E-state index contributed by atoms with van der Waals surface area (Å²) in [4.78, 5) is 25.1. The highest BCUT2D eigenvalue weighted by atomic mass is 19.1. The molecule has 0 aromatic heterocycles. The molecule has 0 spiro atoms. The van der Waals surface area contributed by atoms with E-state index in [4.69, 9.17) is 5.11 Å². The number of benzene rings is 1. The molecule has 0 bridgehead atoms. The Morgan fingerprint density at radius 1 is 1.25 bits per heavy atom. The summed E-state index contributed by atoms with van der Waals surface area (Å²) in [6.07, 6.45) is 4.37. The molecular formula is C18H23FN2O3. The van der Waals surface area contributed by atoms with E-state index in [1.807, 2.05) is 0 Å². The summed E-state index contributed by atoms with van der Waals surface area (Å²) in [5, 5.41) is 12.1. The number of rotatable bonds is 4. The number of hydrogen-bond acceptors (Lipinski definition) is 2. The highest BCUT2D eigenvalue weighted by Crippen LogP contribution is 2.43. The Hall–Kier alpha value is -2.11. The van der Waals surface area contributed by atoms with Gasteiger partial charge in [-0.25, -0.2) is 9.18 Å². The lowest BCUT2D eigenvalue weighted by Crippen LogP contribution is -2.52. The highest BCUT2D eigenvalue weighted by Gasteiger charge is 2.39. The molecule has 0 radical (unpaired) electrons. The summed E-state index contributed by atoms with van der Waals surface area (Å²) in [5.74, 6) is -1.57. The quantitative estimate of drug-likeness (QED) is 0.889. The molecule has 2 N–H and O–H groups in total. The van der Waals surface area contributed by atoms with Gasteiger partial charge in [-0.3, -0.25) is 4.79 Å². The van der Waals surface area contributed by atoms with Crippen LogP contribution in [0.3, 0.4) is 0 Å². The summed E-state index contributed by atoms with van der Waals surface area (Å²) in [6, 6.07) is 6.30. The number of halogens is 1. The van der Waals surface area contributed by atoms with Crippen LogP contribution in [-0.4, -0.2) is 41.6 Å². The Balaban J connectivity index is 1.60. The molecule has 1 atom stereocenters. The second-order valence-corrected chi connectivity index (χ2v) is 6.92. The maximum Gasteiger partial charge on any atom is 0.317 e. The topological polar surface area (TPSA) is 69.6 Å². The Morgan fingerprint density at radius 2 is 1.96 bits per heavy atom. The van der Waals surface area contributed by atoms with Crippen LogP contribution < -0.4 is 5.32 Å². The van der Waals surface area contributed by atoms with Crippen molar-refractivity contribution < 1.29 is 19.1 Å². The van der Waals surface area contributed by atoms with E-state index in [0.717, 1.165) is 24.8 Å². The first-order valence-electron chi connectivity index (χ1n) is 8.52. The van der Waals surface area contributed by atoms with Gasteiger partial charge in [0.05, 0.1) is 5.92 Å². The monoisotopic (exact) mass is 334 g/mol. The summed E-state index contributed by atoms with van der Waals surface area (Å²) < 4.78 is 13.1. The molecule has 1 unspecified atom stereocenters. The number of amides is 2. The second kappa shape index (κ2) is 6.79. The molecule has 2 amide bonds. The lowest BCUT2D eigenvalue weighted by atomic mass is 9.64. The van der Waals surface area contributed by atoms with Crippen molar-refractivity contribution in [2.24, 2.45) is 5.92 Å². The molecule has 6 heteroatoms. The zero-order valence-corrected chi connectivity index (χ0v) is 13.6. The molecule has 1 aromatic carbocycles. The van der Waals surface area contributed by atoms with Crippen LogP contribution in [0.5, 0.6) is 0 Å². The molecule has 1 aliphatic carbocycles. The molecule has 5 nitrogen and oxygen atoms in total. The SMILES string of the molecule is O=C(O)C1CCCN(C(=O)NCC2(c3ccc(F)cc3)CCC2)C1. The summed E-state index contributed by atoms with van der Waals surface area (Å²) in [7, 11) is 0. The largest absolute Gasteiger partial charge is 0.481 e. The van der Waals surface area contributed by atoms with Crippen LogP contribution in [0.2, 0.25) is 0 Å². The molecule has 1 aromatic rings.